The molecule has 2 fully saturated rings. The van der Waals surface area contributed by atoms with Gasteiger partial charge in [-0.2, -0.15) is 0 Å². The lowest BCUT2D eigenvalue weighted by molar-refractivity contribution is -0.132. The smallest absolute Gasteiger partial charge is 0.254 e. The number of thiazole rings is 1. The molecule has 2 aromatic heterocycles. The number of pyridine rings is 1. The third kappa shape index (κ3) is 4.25. The van der Waals surface area contributed by atoms with Crippen LogP contribution in [0.4, 0.5) is 0 Å². The SMILES string of the molecule is Cn1ccc(C(=O)N2CCC3(CC2)CN(Cc2nccs2)C(=O)CCO3)cc1=O. The zero-order chi connectivity index (χ0) is 20.4. The van der Waals surface area contributed by atoms with E-state index in [9.17, 15) is 14.4 Å². The van der Waals surface area contributed by atoms with Crippen molar-refractivity contribution in [3.63, 3.8) is 0 Å². The number of aromatic nitrogens is 2. The van der Waals surface area contributed by atoms with Crippen LogP contribution in [-0.2, 0) is 23.1 Å². The molecule has 8 nitrogen and oxygen atoms in total. The average Bonchev–Trinajstić information content (AvgIpc) is 3.17. The van der Waals surface area contributed by atoms with Crippen molar-refractivity contribution in [3.8, 4) is 0 Å². The highest BCUT2D eigenvalue weighted by Crippen LogP contribution is 2.31. The second-order valence-corrected chi connectivity index (χ2v) is 8.59. The molecular formula is C20H24N4O4S. The minimum atomic E-state index is -0.437. The summed E-state index contributed by atoms with van der Waals surface area (Å²) in [6.07, 6.45) is 5.03. The molecule has 0 saturated carbocycles. The molecule has 2 saturated heterocycles. The quantitative estimate of drug-likeness (QED) is 0.752. The summed E-state index contributed by atoms with van der Waals surface area (Å²) in [7, 11) is 1.66. The van der Waals surface area contributed by atoms with Gasteiger partial charge in [-0.05, 0) is 18.9 Å². The normalized spacial score (nSPS) is 19.4. The predicted molar refractivity (Wildman–Crippen MR) is 108 cm³/mol. The van der Waals surface area contributed by atoms with E-state index in [4.69, 9.17) is 4.74 Å². The molecule has 0 aromatic carbocycles. The van der Waals surface area contributed by atoms with E-state index in [0.717, 1.165) is 5.01 Å². The molecule has 9 heteroatoms. The summed E-state index contributed by atoms with van der Waals surface area (Å²) in [5, 5.41) is 2.82. The predicted octanol–water partition coefficient (Wildman–Crippen LogP) is 1.27. The van der Waals surface area contributed by atoms with Crippen LogP contribution in [0.15, 0.2) is 34.7 Å². The monoisotopic (exact) mass is 416 g/mol. The van der Waals surface area contributed by atoms with Gasteiger partial charge in [0, 0.05) is 49.5 Å². The van der Waals surface area contributed by atoms with Gasteiger partial charge in [0.1, 0.15) is 5.01 Å². The first-order chi connectivity index (χ1) is 14.0. The van der Waals surface area contributed by atoms with Crippen molar-refractivity contribution in [2.75, 3.05) is 26.2 Å². The zero-order valence-electron chi connectivity index (χ0n) is 16.4. The Morgan fingerprint density at radius 1 is 1.31 bits per heavy atom. The van der Waals surface area contributed by atoms with E-state index in [1.165, 1.54) is 22.0 Å². The molecular weight excluding hydrogens is 392 g/mol. The number of piperidine rings is 1. The molecule has 0 unspecified atom stereocenters. The van der Waals surface area contributed by atoms with E-state index in [0.29, 0.717) is 57.6 Å². The maximum atomic E-state index is 12.8. The number of nitrogens with zero attached hydrogens (tertiary/aromatic N) is 4. The van der Waals surface area contributed by atoms with Crippen molar-refractivity contribution in [2.45, 2.75) is 31.4 Å². The minimum Gasteiger partial charge on any atom is -0.372 e. The number of ether oxygens (including phenoxy) is 1. The van der Waals surface area contributed by atoms with Crippen LogP contribution in [0, 0.1) is 0 Å². The van der Waals surface area contributed by atoms with E-state index in [-0.39, 0.29) is 17.4 Å². The van der Waals surface area contributed by atoms with Crippen LogP contribution in [0.25, 0.3) is 0 Å². The molecule has 0 aliphatic carbocycles. The molecule has 0 N–H and O–H groups in total. The number of rotatable bonds is 3. The Balaban J connectivity index is 1.43. The van der Waals surface area contributed by atoms with Crippen molar-refractivity contribution in [3.05, 3.63) is 50.8 Å². The molecule has 2 aromatic rings. The summed E-state index contributed by atoms with van der Waals surface area (Å²) in [6.45, 7) is 2.48. The van der Waals surface area contributed by atoms with Gasteiger partial charge in [-0.25, -0.2) is 4.98 Å². The Bertz CT molecular complexity index is 948. The van der Waals surface area contributed by atoms with Crippen molar-refractivity contribution in [2.24, 2.45) is 7.05 Å². The first kappa shape index (κ1) is 19.8. The average molecular weight is 417 g/mol. The Morgan fingerprint density at radius 3 is 2.79 bits per heavy atom. The molecule has 0 radical (unpaired) electrons. The van der Waals surface area contributed by atoms with Gasteiger partial charge in [-0.15, -0.1) is 11.3 Å². The fourth-order valence-corrected chi connectivity index (χ4v) is 4.55. The lowest BCUT2D eigenvalue weighted by Gasteiger charge is -2.42. The number of hydrogen-bond donors (Lipinski definition) is 0. The van der Waals surface area contributed by atoms with Crippen LogP contribution in [0.1, 0.15) is 34.6 Å². The highest BCUT2D eigenvalue weighted by atomic mass is 32.1. The van der Waals surface area contributed by atoms with Gasteiger partial charge in [0.2, 0.25) is 5.91 Å². The van der Waals surface area contributed by atoms with E-state index >= 15 is 0 Å². The summed E-state index contributed by atoms with van der Waals surface area (Å²) in [5.41, 5.74) is -0.230. The zero-order valence-corrected chi connectivity index (χ0v) is 17.2. The summed E-state index contributed by atoms with van der Waals surface area (Å²) < 4.78 is 7.59. The van der Waals surface area contributed by atoms with Gasteiger partial charge in [0.15, 0.2) is 0 Å². The maximum absolute atomic E-state index is 12.8. The Labute approximate surface area is 172 Å². The molecule has 2 amide bonds. The van der Waals surface area contributed by atoms with E-state index in [1.54, 1.807) is 30.4 Å². The van der Waals surface area contributed by atoms with Crippen LogP contribution in [-0.4, -0.2) is 63.0 Å². The van der Waals surface area contributed by atoms with Crippen LogP contribution >= 0.6 is 11.3 Å². The number of carbonyl (C=O) groups is 2. The summed E-state index contributed by atoms with van der Waals surface area (Å²) >= 11 is 1.54. The largest absolute Gasteiger partial charge is 0.372 e. The topological polar surface area (TPSA) is 84.7 Å². The molecule has 0 bridgehead atoms. The van der Waals surface area contributed by atoms with Crippen LogP contribution in [0.2, 0.25) is 0 Å². The lowest BCUT2D eigenvalue weighted by Crippen LogP contribution is -2.53. The summed E-state index contributed by atoms with van der Waals surface area (Å²) in [5.74, 6) is -0.0578. The van der Waals surface area contributed by atoms with Crippen LogP contribution in [0.3, 0.4) is 0 Å². The van der Waals surface area contributed by atoms with Crippen molar-refractivity contribution in [1.82, 2.24) is 19.4 Å². The fourth-order valence-electron chi connectivity index (χ4n) is 3.92. The Hall–Kier alpha value is -2.52. The van der Waals surface area contributed by atoms with Gasteiger partial charge in [-0.1, -0.05) is 0 Å². The first-order valence-electron chi connectivity index (χ1n) is 9.72. The van der Waals surface area contributed by atoms with Crippen LogP contribution in [0.5, 0.6) is 0 Å². The van der Waals surface area contributed by atoms with Gasteiger partial charge in [-0.3, -0.25) is 14.4 Å². The molecule has 29 heavy (non-hydrogen) atoms. The third-order valence-corrected chi connectivity index (χ3v) is 6.44. The third-order valence-electron chi connectivity index (χ3n) is 5.68. The maximum Gasteiger partial charge on any atom is 0.254 e. The highest BCUT2D eigenvalue weighted by Gasteiger charge is 2.41. The number of carbonyl (C=O) groups excluding carboxylic acids is 2. The number of aryl methyl sites for hydroxylation is 1. The van der Waals surface area contributed by atoms with Gasteiger partial charge >= 0.3 is 0 Å². The van der Waals surface area contributed by atoms with Crippen molar-refractivity contribution in [1.29, 1.82) is 0 Å². The second-order valence-electron chi connectivity index (χ2n) is 7.61. The van der Waals surface area contributed by atoms with E-state index in [2.05, 4.69) is 4.98 Å². The van der Waals surface area contributed by atoms with Gasteiger partial charge in [0.05, 0.1) is 31.7 Å². The summed E-state index contributed by atoms with van der Waals surface area (Å²) in [4.78, 5) is 45.0. The summed E-state index contributed by atoms with van der Waals surface area (Å²) in [6, 6.07) is 3.05. The molecule has 2 aliphatic rings. The van der Waals surface area contributed by atoms with Crippen LogP contribution < -0.4 is 5.56 Å². The van der Waals surface area contributed by atoms with E-state index < -0.39 is 5.60 Å². The molecule has 154 valence electrons. The minimum absolute atomic E-state index is 0.0794. The number of amides is 2. The molecule has 0 atom stereocenters. The van der Waals surface area contributed by atoms with E-state index in [1.807, 2.05) is 10.3 Å². The molecule has 4 heterocycles. The van der Waals surface area contributed by atoms with Crippen molar-refractivity contribution >= 4 is 23.2 Å². The Morgan fingerprint density at radius 2 is 2.10 bits per heavy atom. The van der Waals surface area contributed by atoms with Crippen molar-refractivity contribution < 1.29 is 14.3 Å². The standard InChI is InChI=1S/C20H24N4O4S/c1-22-7-2-15(12-18(22)26)19(27)23-8-4-20(5-9-23)14-24(17(25)3-10-28-20)13-16-21-6-11-29-16/h2,6-7,11-12H,3-5,8-10,13-14H2,1H3. The number of hydrogen-bond acceptors (Lipinski definition) is 6. The lowest BCUT2D eigenvalue weighted by atomic mass is 9.90. The Kier molecular flexibility index (Phi) is 5.51. The number of likely N-dealkylation sites (tertiary alicyclic amines) is 1. The molecule has 4 rings (SSSR count). The fraction of sp³-hybridized carbons (Fsp3) is 0.500. The van der Waals surface area contributed by atoms with Gasteiger partial charge in [0.25, 0.3) is 11.5 Å². The molecule has 2 aliphatic heterocycles. The van der Waals surface area contributed by atoms with Gasteiger partial charge < -0.3 is 19.1 Å². The second kappa shape index (κ2) is 8.08. The first-order valence-corrected chi connectivity index (χ1v) is 10.6. The highest BCUT2D eigenvalue weighted by molar-refractivity contribution is 7.09. The molecule has 1 spiro atoms.